The summed E-state index contributed by atoms with van der Waals surface area (Å²) in [7, 11) is -3.76. The molecule has 2 atom stereocenters. The number of aryl methyl sites for hydroxylation is 1. The normalized spacial score (nSPS) is 23.0. The van der Waals surface area contributed by atoms with Gasteiger partial charge in [-0.3, -0.25) is 10.1 Å². The van der Waals surface area contributed by atoms with Gasteiger partial charge in [0.1, 0.15) is 0 Å². The summed E-state index contributed by atoms with van der Waals surface area (Å²) in [5.41, 5.74) is 0.272. The largest absolute Gasteiger partial charge is 0.316 e. The molecule has 2 N–H and O–H groups in total. The van der Waals surface area contributed by atoms with Gasteiger partial charge in [0.15, 0.2) is 0 Å². The number of benzene rings is 1. The highest BCUT2D eigenvalue weighted by atomic mass is 32.2. The molecule has 0 spiro atoms. The van der Waals surface area contributed by atoms with Gasteiger partial charge in [-0.05, 0) is 37.9 Å². The van der Waals surface area contributed by atoms with Gasteiger partial charge in [0, 0.05) is 18.2 Å². The van der Waals surface area contributed by atoms with E-state index in [-0.39, 0.29) is 22.5 Å². The lowest BCUT2D eigenvalue weighted by molar-refractivity contribution is -0.385. The predicted octanol–water partition coefficient (Wildman–Crippen LogP) is 1.18. The maximum atomic E-state index is 12.5. The van der Waals surface area contributed by atoms with Gasteiger partial charge >= 0.3 is 0 Å². The molecule has 0 aromatic heterocycles. The molecule has 116 valence electrons. The van der Waals surface area contributed by atoms with Gasteiger partial charge in [-0.15, -0.1) is 0 Å². The molecular formula is C13H19N3O4S. The molecule has 1 aliphatic heterocycles. The molecule has 1 heterocycles. The lowest BCUT2D eigenvalue weighted by Crippen LogP contribution is -2.48. The zero-order valence-electron chi connectivity index (χ0n) is 12.0. The maximum Gasteiger partial charge on any atom is 0.270 e. The number of nitro groups is 1. The maximum absolute atomic E-state index is 12.5. The van der Waals surface area contributed by atoms with E-state index >= 15 is 0 Å². The Labute approximate surface area is 123 Å². The quantitative estimate of drug-likeness (QED) is 0.642. The molecule has 2 rings (SSSR count). The summed E-state index contributed by atoms with van der Waals surface area (Å²) in [4.78, 5) is 10.2. The van der Waals surface area contributed by atoms with Crippen LogP contribution in [0.2, 0.25) is 0 Å². The van der Waals surface area contributed by atoms with Crippen LogP contribution in [0, 0.1) is 23.0 Å². The molecule has 0 aliphatic carbocycles. The first-order chi connectivity index (χ1) is 9.81. The number of piperidine rings is 1. The van der Waals surface area contributed by atoms with E-state index in [0.29, 0.717) is 12.0 Å². The summed E-state index contributed by atoms with van der Waals surface area (Å²) in [5.74, 6) is 0.174. The summed E-state index contributed by atoms with van der Waals surface area (Å²) in [6, 6.07) is 3.72. The SMILES string of the molecule is Cc1ccc([N+](=O)[O-])cc1S(=O)(=O)NC1CCNCC1C. The molecule has 1 fully saturated rings. The van der Waals surface area contributed by atoms with Crippen LogP contribution < -0.4 is 10.0 Å². The van der Waals surface area contributed by atoms with Crippen LogP contribution in [0.4, 0.5) is 5.69 Å². The molecule has 0 radical (unpaired) electrons. The van der Waals surface area contributed by atoms with Gasteiger partial charge < -0.3 is 5.32 Å². The van der Waals surface area contributed by atoms with Crippen molar-refractivity contribution in [2.75, 3.05) is 13.1 Å². The summed E-state index contributed by atoms with van der Waals surface area (Å²) >= 11 is 0. The molecule has 0 saturated carbocycles. The van der Waals surface area contributed by atoms with Crippen LogP contribution in [-0.2, 0) is 10.0 Å². The molecule has 21 heavy (non-hydrogen) atoms. The van der Waals surface area contributed by atoms with Crippen molar-refractivity contribution in [1.29, 1.82) is 0 Å². The van der Waals surface area contributed by atoms with E-state index in [4.69, 9.17) is 0 Å². The fourth-order valence-electron chi connectivity index (χ4n) is 2.44. The van der Waals surface area contributed by atoms with Crippen molar-refractivity contribution in [3.8, 4) is 0 Å². The Balaban J connectivity index is 2.30. The summed E-state index contributed by atoms with van der Waals surface area (Å²) in [6.07, 6.45) is 0.703. The van der Waals surface area contributed by atoms with E-state index < -0.39 is 14.9 Å². The Hall–Kier alpha value is -1.51. The Morgan fingerprint density at radius 2 is 2.14 bits per heavy atom. The molecule has 0 amide bonds. The first-order valence-corrected chi connectivity index (χ1v) is 8.27. The van der Waals surface area contributed by atoms with Crippen molar-refractivity contribution in [3.05, 3.63) is 33.9 Å². The van der Waals surface area contributed by atoms with Gasteiger partial charge in [-0.1, -0.05) is 13.0 Å². The highest BCUT2D eigenvalue weighted by molar-refractivity contribution is 7.89. The van der Waals surface area contributed by atoms with E-state index in [1.807, 2.05) is 6.92 Å². The van der Waals surface area contributed by atoms with Crippen molar-refractivity contribution in [2.45, 2.75) is 31.2 Å². The van der Waals surface area contributed by atoms with Crippen molar-refractivity contribution in [1.82, 2.24) is 10.0 Å². The first kappa shape index (κ1) is 15.9. The minimum atomic E-state index is -3.76. The third-order valence-corrected chi connectivity index (χ3v) is 5.40. The highest BCUT2D eigenvalue weighted by Gasteiger charge is 2.28. The van der Waals surface area contributed by atoms with E-state index in [9.17, 15) is 18.5 Å². The van der Waals surface area contributed by atoms with Crippen LogP contribution in [0.15, 0.2) is 23.1 Å². The molecule has 2 unspecified atom stereocenters. The zero-order valence-corrected chi connectivity index (χ0v) is 12.8. The number of nitrogens with zero attached hydrogens (tertiary/aromatic N) is 1. The molecule has 1 aromatic rings. The van der Waals surface area contributed by atoms with Gasteiger partial charge in [0.05, 0.1) is 9.82 Å². The second-order valence-corrected chi connectivity index (χ2v) is 7.09. The Morgan fingerprint density at radius 3 is 2.76 bits per heavy atom. The molecule has 0 bridgehead atoms. The first-order valence-electron chi connectivity index (χ1n) is 6.79. The smallest absolute Gasteiger partial charge is 0.270 e. The van der Waals surface area contributed by atoms with Gasteiger partial charge in [0.25, 0.3) is 5.69 Å². The lowest BCUT2D eigenvalue weighted by atomic mass is 9.97. The predicted molar refractivity (Wildman–Crippen MR) is 78.6 cm³/mol. The average molecular weight is 313 g/mol. The number of non-ortho nitro benzene ring substituents is 1. The van der Waals surface area contributed by atoms with Crippen LogP contribution in [0.25, 0.3) is 0 Å². The van der Waals surface area contributed by atoms with E-state index in [1.165, 1.54) is 12.1 Å². The van der Waals surface area contributed by atoms with E-state index in [0.717, 1.165) is 19.2 Å². The minimum Gasteiger partial charge on any atom is -0.316 e. The molecule has 1 aromatic carbocycles. The summed E-state index contributed by atoms with van der Waals surface area (Å²) in [6.45, 7) is 5.11. The monoisotopic (exact) mass is 313 g/mol. The van der Waals surface area contributed by atoms with Crippen LogP contribution in [0.1, 0.15) is 18.9 Å². The molecular weight excluding hydrogens is 294 g/mol. The standard InChI is InChI=1S/C13H19N3O4S/c1-9-3-4-11(16(17)18)7-13(9)21(19,20)15-12-5-6-14-8-10(12)2/h3-4,7,10,12,14-15H,5-6,8H2,1-2H3. The molecule has 8 heteroatoms. The van der Waals surface area contributed by atoms with Crippen LogP contribution in [0.3, 0.4) is 0 Å². The number of hydrogen-bond acceptors (Lipinski definition) is 5. The van der Waals surface area contributed by atoms with Crippen LogP contribution in [-0.4, -0.2) is 32.5 Å². The second-order valence-electron chi connectivity index (χ2n) is 5.40. The van der Waals surface area contributed by atoms with Crippen LogP contribution in [0.5, 0.6) is 0 Å². The lowest BCUT2D eigenvalue weighted by Gasteiger charge is -2.30. The van der Waals surface area contributed by atoms with Gasteiger partial charge in [0.2, 0.25) is 10.0 Å². The Bertz CT molecular complexity index is 645. The fraction of sp³-hybridized carbons (Fsp3) is 0.538. The zero-order chi connectivity index (χ0) is 15.6. The molecule has 7 nitrogen and oxygen atoms in total. The number of hydrogen-bond donors (Lipinski definition) is 2. The van der Waals surface area contributed by atoms with Gasteiger partial charge in [-0.25, -0.2) is 13.1 Å². The van der Waals surface area contributed by atoms with Crippen molar-refractivity contribution >= 4 is 15.7 Å². The van der Waals surface area contributed by atoms with Crippen molar-refractivity contribution < 1.29 is 13.3 Å². The number of sulfonamides is 1. The Kier molecular flexibility index (Phi) is 4.60. The minimum absolute atomic E-state index is 0.0255. The molecule has 1 saturated heterocycles. The number of rotatable bonds is 4. The number of nitrogens with one attached hydrogen (secondary N) is 2. The summed E-state index contributed by atoms with van der Waals surface area (Å²) < 4.78 is 27.7. The van der Waals surface area contributed by atoms with Crippen LogP contribution >= 0.6 is 0 Å². The third-order valence-electron chi connectivity index (χ3n) is 3.76. The van der Waals surface area contributed by atoms with Crippen molar-refractivity contribution in [2.24, 2.45) is 5.92 Å². The highest BCUT2D eigenvalue weighted by Crippen LogP contribution is 2.23. The Morgan fingerprint density at radius 1 is 1.43 bits per heavy atom. The second kappa shape index (κ2) is 6.08. The average Bonchev–Trinajstić information content (AvgIpc) is 2.41. The molecule has 1 aliphatic rings. The summed E-state index contributed by atoms with van der Waals surface area (Å²) in [5, 5.41) is 14.0. The van der Waals surface area contributed by atoms with E-state index in [2.05, 4.69) is 10.0 Å². The number of nitro benzene ring substituents is 1. The topological polar surface area (TPSA) is 101 Å². The van der Waals surface area contributed by atoms with E-state index in [1.54, 1.807) is 6.92 Å². The van der Waals surface area contributed by atoms with Crippen molar-refractivity contribution in [3.63, 3.8) is 0 Å². The van der Waals surface area contributed by atoms with Gasteiger partial charge in [-0.2, -0.15) is 0 Å². The third kappa shape index (κ3) is 3.58. The fourth-order valence-corrected chi connectivity index (χ4v) is 4.09.